The second-order valence-corrected chi connectivity index (χ2v) is 10.4. The van der Waals surface area contributed by atoms with E-state index in [0.717, 1.165) is 77.0 Å². The molecule has 1 saturated heterocycles. The zero-order valence-electron chi connectivity index (χ0n) is 22.5. The van der Waals surface area contributed by atoms with E-state index in [4.69, 9.17) is 19.2 Å². The third-order valence-electron chi connectivity index (χ3n) is 7.96. The number of benzene rings is 2. The minimum atomic E-state index is 0.0543. The topological polar surface area (TPSA) is 85.3 Å². The predicted molar refractivity (Wildman–Crippen MR) is 150 cm³/mol. The molecule has 0 aliphatic carbocycles. The van der Waals surface area contributed by atoms with E-state index in [1.165, 1.54) is 11.3 Å². The number of anilines is 2. The van der Waals surface area contributed by atoms with E-state index >= 15 is 0 Å². The first-order valence-corrected chi connectivity index (χ1v) is 13.4. The monoisotopic (exact) mass is 521 g/mol. The summed E-state index contributed by atoms with van der Waals surface area (Å²) < 4.78 is 13.6. The third-order valence-corrected chi connectivity index (χ3v) is 7.96. The first kappa shape index (κ1) is 23.8. The van der Waals surface area contributed by atoms with Crippen LogP contribution in [0.25, 0.3) is 22.0 Å². The van der Waals surface area contributed by atoms with Crippen LogP contribution in [0.2, 0.25) is 0 Å². The summed E-state index contributed by atoms with van der Waals surface area (Å²) in [4.78, 5) is 19.6. The molecule has 9 heteroatoms. The van der Waals surface area contributed by atoms with Gasteiger partial charge in [-0.2, -0.15) is 4.98 Å². The smallest absolute Gasteiger partial charge is 0.228 e. The molecule has 0 spiro atoms. The molecule has 5 aromatic rings. The van der Waals surface area contributed by atoms with Gasteiger partial charge in [0.25, 0.3) is 0 Å². The van der Waals surface area contributed by atoms with E-state index in [2.05, 4.69) is 80.1 Å². The minimum absolute atomic E-state index is 0.0543. The number of fused-ring (bicyclic) bond motifs is 2. The number of nitrogens with zero attached hydrogens (tertiary/aromatic N) is 7. The van der Waals surface area contributed by atoms with E-state index in [1.807, 2.05) is 20.2 Å². The Bertz CT molecular complexity index is 1640. The molecule has 9 nitrogen and oxygen atoms in total. The van der Waals surface area contributed by atoms with E-state index in [-0.39, 0.29) is 6.04 Å². The van der Waals surface area contributed by atoms with Crippen LogP contribution >= 0.6 is 0 Å². The molecule has 2 aliphatic rings. The highest BCUT2D eigenvalue weighted by Crippen LogP contribution is 2.38. The zero-order chi connectivity index (χ0) is 26.5. The van der Waals surface area contributed by atoms with Crippen LogP contribution in [0.15, 0.2) is 59.4 Å². The van der Waals surface area contributed by atoms with Crippen LogP contribution in [0.5, 0.6) is 0 Å². The molecule has 1 unspecified atom stereocenters. The first-order chi connectivity index (χ1) is 19.1. The van der Waals surface area contributed by atoms with Crippen molar-refractivity contribution < 1.29 is 9.26 Å². The van der Waals surface area contributed by atoms with Crippen LogP contribution in [-0.4, -0.2) is 51.0 Å². The molecule has 5 heterocycles. The maximum atomic E-state index is 5.98. The molecule has 2 aliphatic heterocycles. The maximum Gasteiger partial charge on any atom is 0.228 e. The fourth-order valence-corrected chi connectivity index (χ4v) is 5.91. The highest BCUT2D eigenvalue weighted by atomic mass is 16.5. The molecule has 7 rings (SSSR count). The van der Waals surface area contributed by atoms with Gasteiger partial charge in [-0.3, -0.25) is 0 Å². The Hall–Kier alpha value is -4.24. The third kappa shape index (κ3) is 4.13. The molecule has 2 aromatic carbocycles. The van der Waals surface area contributed by atoms with Crippen molar-refractivity contribution >= 4 is 22.7 Å². The van der Waals surface area contributed by atoms with Gasteiger partial charge >= 0.3 is 0 Å². The van der Waals surface area contributed by atoms with E-state index in [1.54, 1.807) is 0 Å². The number of aryl methyl sites for hydroxylation is 3. The van der Waals surface area contributed by atoms with Gasteiger partial charge in [0, 0.05) is 37.5 Å². The van der Waals surface area contributed by atoms with E-state index in [0.29, 0.717) is 13.2 Å². The van der Waals surface area contributed by atoms with Crippen molar-refractivity contribution in [1.82, 2.24) is 24.7 Å². The van der Waals surface area contributed by atoms with Crippen LogP contribution < -0.4 is 9.80 Å². The molecule has 0 amide bonds. The van der Waals surface area contributed by atoms with Gasteiger partial charge in [-0.25, -0.2) is 9.97 Å². The zero-order valence-corrected chi connectivity index (χ0v) is 22.5. The Morgan fingerprint density at radius 2 is 1.87 bits per heavy atom. The van der Waals surface area contributed by atoms with E-state index in [9.17, 15) is 0 Å². The number of hydrogen-bond acceptors (Lipinski definition) is 8. The minimum Gasteiger partial charge on any atom is -0.377 e. The lowest BCUT2D eigenvalue weighted by Crippen LogP contribution is -2.40. The number of aromatic nitrogens is 5. The second-order valence-electron chi connectivity index (χ2n) is 10.4. The molecule has 0 radical (unpaired) electrons. The lowest BCUT2D eigenvalue weighted by Gasteiger charge is -2.38. The normalized spacial score (nSPS) is 17.6. The Labute approximate surface area is 227 Å². The summed E-state index contributed by atoms with van der Waals surface area (Å²) in [6.07, 6.45) is 2.78. The standard InChI is InChI=1S/C30H31N7O2/c1-19-28(20(2)39-34-19)22-9-10-24-23(15-22)29(37-13-14-38-17-27(37)21-7-5-4-6-8-21)33-30(32-24)36-12-11-25-26(16-36)35(3)18-31-25/h4-10,15,18,27H,11-14,16-17H2,1-3H3. The van der Waals surface area contributed by atoms with Crippen LogP contribution in [0.1, 0.15) is 34.4 Å². The van der Waals surface area contributed by atoms with Gasteiger partial charge in [-0.05, 0) is 37.1 Å². The number of morpholine rings is 1. The predicted octanol–water partition coefficient (Wildman–Crippen LogP) is 4.78. The number of imidazole rings is 1. The molecule has 0 bridgehead atoms. The van der Waals surface area contributed by atoms with Crippen molar-refractivity contribution in [3.8, 4) is 11.1 Å². The van der Waals surface area contributed by atoms with Gasteiger partial charge in [0.2, 0.25) is 5.95 Å². The summed E-state index contributed by atoms with van der Waals surface area (Å²) in [5, 5.41) is 5.20. The Kier molecular flexibility index (Phi) is 5.81. The molecule has 39 heavy (non-hydrogen) atoms. The van der Waals surface area contributed by atoms with Crippen molar-refractivity contribution in [2.24, 2.45) is 7.05 Å². The maximum absolute atomic E-state index is 5.98. The van der Waals surface area contributed by atoms with Gasteiger partial charge in [0.05, 0.1) is 54.7 Å². The van der Waals surface area contributed by atoms with Crippen LogP contribution in [0, 0.1) is 13.8 Å². The summed E-state index contributed by atoms with van der Waals surface area (Å²) in [6, 6.07) is 17.0. The van der Waals surface area contributed by atoms with Crippen molar-refractivity contribution in [2.75, 3.05) is 36.1 Å². The highest BCUT2D eigenvalue weighted by molar-refractivity contribution is 5.94. The molecule has 3 aromatic heterocycles. The average molecular weight is 522 g/mol. The van der Waals surface area contributed by atoms with Crippen LogP contribution in [0.4, 0.5) is 11.8 Å². The first-order valence-electron chi connectivity index (χ1n) is 13.4. The average Bonchev–Trinajstić information content (AvgIpc) is 3.52. The Morgan fingerprint density at radius 3 is 2.69 bits per heavy atom. The van der Waals surface area contributed by atoms with Crippen LogP contribution in [-0.2, 0) is 24.8 Å². The molecule has 1 atom stereocenters. The molecule has 1 fully saturated rings. The SMILES string of the molecule is Cc1noc(C)c1-c1ccc2nc(N3CCc4ncn(C)c4C3)nc(N3CCOCC3c3ccccc3)c2c1. The molecular weight excluding hydrogens is 490 g/mol. The van der Waals surface area contributed by atoms with E-state index < -0.39 is 0 Å². The number of hydrogen-bond donors (Lipinski definition) is 0. The van der Waals surface area contributed by atoms with Gasteiger partial charge in [-0.1, -0.05) is 41.6 Å². The van der Waals surface area contributed by atoms with Crippen molar-refractivity contribution in [2.45, 2.75) is 32.9 Å². The summed E-state index contributed by atoms with van der Waals surface area (Å²) in [6.45, 7) is 7.50. The molecular formula is C30H31N7O2. The lowest BCUT2D eigenvalue weighted by atomic mass is 10.0. The number of ether oxygens (including phenoxy) is 1. The van der Waals surface area contributed by atoms with Crippen LogP contribution in [0.3, 0.4) is 0 Å². The molecule has 0 N–H and O–H groups in total. The summed E-state index contributed by atoms with van der Waals surface area (Å²) >= 11 is 0. The van der Waals surface area contributed by atoms with Crippen molar-refractivity contribution in [3.05, 3.63) is 83.3 Å². The molecule has 0 saturated carbocycles. The van der Waals surface area contributed by atoms with Crippen molar-refractivity contribution in [3.63, 3.8) is 0 Å². The Balaban J connectivity index is 1.39. The fourth-order valence-electron chi connectivity index (χ4n) is 5.91. The second kappa shape index (κ2) is 9.50. The largest absolute Gasteiger partial charge is 0.377 e. The molecule has 198 valence electrons. The van der Waals surface area contributed by atoms with Crippen molar-refractivity contribution in [1.29, 1.82) is 0 Å². The van der Waals surface area contributed by atoms with Gasteiger partial charge in [0.15, 0.2) is 0 Å². The number of rotatable bonds is 4. The highest BCUT2D eigenvalue weighted by Gasteiger charge is 2.30. The fraction of sp³-hybridized carbons (Fsp3) is 0.333. The Morgan fingerprint density at radius 1 is 1.00 bits per heavy atom. The summed E-state index contributed by atoms with van der Waals surface area (Å²) in [5.41, 5.74) is 7.46. The summed E-state index contributed by atoms with van der Waals surface area (Å²) in [5.74, 6) is 2.48. The quantitative estimate of drug-likeness (QED) is 0.334. The summed E-state index contributed by atoms with van der Waals surface area (Å²) in [7, 11) is 2.05. The van der Waals surface area contributed by atoms with Gasteiger partial charge in [0.1, 0.15) is 11.6 Å². The van der Waals surface area contributed by atoms with Gasteiger partial charge < -0.3 is 23.6 Å². The van der Waals surface area contributed by atoms with Gasteiger partial charge in [-0.15, -0.1) is 0 Å². The lowest BCUT2D eigenvalue weighted by molar-refractivity contribution is 0.0939.